The van der Waals surface area contributed by atoms with Crippen molar-refractivity contribution in [2.75, 3.05) is 0 Å². The van der Waals surface area contributed by atoms with Crippen LogP contribution in [0.5, 0.6) is 0 Å². The first-order valence-electron chi connectivity index (χ1n) is 5.13. The normalized spacial score (nSPS) is 11.3. The van der Waals surface area contributed by atoms with Crippen LogP contribution in [0.3, 0.4) is 0 Å². The number of benzene rings is 2. The van der Waals surface area contributed by atoms with Crippen molar-refractivity contribution in [1.82, 2.24) is 0 Å². The molecule has 0 aliphatic rings. The number of hydrogen-bond donors (Lipinski definition) is 0. The average Bonchev–Trinajstić information content (AvgIpc) is 2.61. The first kappa shape index (κ1) is 8.54. The first-order valence-corrected chi connectivity index (χ1v) is 5.13. The Bertz CT molecular complexity index is 647. The lowest BCUT2D eigenvalue weighted by molar-refractivity contribution is 0.613. The van der Waals surface area contributed by atoms with Gasteiger partial charge in [-0.1, -0.05) is 24.3 Å². The molecule has 0 saturated carbocycles. The standard InChI is InChI=1S/C14H12O/c1-9-4-3-5-12-11(9)6-7-13-14(12)10(2)8-15-13/h3-8H,1-2H3. The molecule has 0 bridgehead atoms. The largest absolute Gasteiger partial charge is 0.464 e. The number of aryl methyl sites for hydroxylation is 2. The summed E-state index contributed by atoms with van der Waals surface area (Å²) >= 11 is 0. The van der Waals surface area contributed by atoms with Crippen LogP contribution in [-0.2, 0) is 0 Å². The molecular weight excluding hydrogens is 184 g/mol. The lowest BCUT2D eigenvalue weighted by Gasteiger charge is -2.02. The highest BCUT2D eigenvalue weighted by Crippen LogP contribution is 2.30. The van der Waals surface area contributed by atoms with Gasteiger partial charge in [-0.25, -0.2) is 0 Å². The van der Waals surface area contributed by atoms with E-state index in [9.17, 15) is 0 Å². The van der Waals surface area contributed by atoms with E-state index in [2.05, 4.69) is 44.2 Å². The van der Waals surface area contributed by atoms with Crippen LogP contribution in [0.25, 0.3) is 21.7 Å². The molecule has 74 valence electrons. The lowest BCUT2D eigenvalue weighted by atomic mass is 10.0. The third-order valence-electron chi connectivity index (χ3n) is 3.00. The summed E-state index contributed by atoms with van der Waals surface area (Å²) in [6.07, 6.45) is 1.83. The number of furan rings is 1. The Kier molecular flexibility index (Phi) is 1.63. The van der Waals surface area contributed by atoms with Crippen LogP contribution < -0.4 is 0 Å². The molecule has 3 aromatic rings. The zero-order valence-corrected chi connectivity index (χ0v) is 8.87. The monoisotopic (exact) mass is 196 g/mol. The maximum atomic E-state index is 5.50. The molecule has 0 amide bonds. The van der Waals surface area contributed by atoms with Gasteiger partial charge in [0.25, 0.3) is 0 Å². The Morgan fingerprint density at radius 2 is 1.73 bits per heavy atom. The molecule has 0 spiro atoms. The second kappa shape index (κ2) is 2.86. The van der Waals surface area contributed by atoms with Crippen molar-refractivity contribution in [3.05, 3.63) is 47.7 Å². The number of hydrogen-bond acceptors (Lipinski definition) is 1. The average molecular weight is 196 g/mol. The van der Waals surface area contributed by atoms with Crippen molar-refractivity contribution >= 4 is 21.7 Å². The minimum absolute atomic E-state index is 0.977. The predicted molar refractivity (Wildman–Crippen MR) is 63.2 cm³/mol. The number of rotatable bonds is 0. The summed E-state index contributed by atoms with van der Waals surface area (Å²) in [5.41, 5.74) is 3.50. The quantitative estimate of drug-likeness (QED) is 0.525. The molecule has 0 unspecified atom stereocenters. The molecule has 0 N–H and O–H groups in total. The van der Waals surface area contributed by atoms with Gasteiger partial charge in [0, 0.05) is 5.39 Å². The molecule has 2 aromatic carbocycles. The first-order chi connectivity index (χ1) is 7.27. The fraction of sp³-hybridized carbons (Fsp3) is 0.143. The Hall–Kier alpha value is -1.76. The van der Waals surface area contributed by atoms with Crippen molar-refractivity contribution in [3.8, 4) is 0 Å². The van der Waals surface area contributed by atoms with E-state index < -0.39 is 0 Å². The van der Waals surface area contributed by atoms with Crippen molar-refractivity contribution in [3.63, 3.8) is 0 Å². The smallest absolute Gasteiger partial charge is 0.134 e. The highest BCUT2D eigenvalue weighted by molar-refractivity contribution is 6.08. The Labute approximate surface area is 88.3 Å². The Balaban J connectivity index is 2.64. The van der Waals surface area contributed by atoms with Gasteiger partial charge < -0.3 is 4.42 Å². The van der Waals surface area contributed by atoms with E-state index in [-0.39, 0.29) is 0 Å². The van der Waals surface area contributed by atoms with Crippen LogP contribution in [-0.4, -0.2) is 0 Å². The SMILES string of the molecule is Cc1cccc2c1ccc1occ(C)c12. The van der Waals surface area contributed by atoms with Gasteiger partial charge in [0.2, 0.25) is 0 Å². The van der Waals surface area contributed by atoms with Crippen LogP contribution in [0.4, 0.5) is 0 Å². The van der Waals surface area contributed by atoms with Crippen molar-refractivity contribution in [2.24, 2.45) is 0 Å². The lowest BCUT2D eigenvalue weighted by Crippen LogP contribution is -1.79. The van der Waals surface area contributed by atoms with E-state index in [1.54, 1.807) is 0 Å². The van der Waals surface area contributed by atoms with Crippen LogP contribution in [0.2, 0.25) is 0 Å². The van der Waals surface area contributed by atoms with Crippen LogP contribution in [0.1, 0.15) is 11.1 Å². The van der Waals surface area contributed by atoms with Gasteiger partial charge in [0.1, 0.15) is 5.58 Å². The predicted octanol–water partition coefficient (Wildman–Crippen LogP) is 4.20. The fourth-order valence-electron chi connectivity index (χ4n) is 2.21. The van der Waals surface area contributed by atoms with Crippen molar-refractivity contribution in [2.45, 2.75) is 13.8 Å². The van der Waals surface area contributed by atoms with Crippen LogP contribution in [0.15, 0.2) is 41.0 Å². The second-order valence-corrected chi connectivity index (χ2v) is 4.03. The molecule has 0 saturated heterocycles. The van der Waals surface area contributed by atoms with Gasteiger partial charge in [0.15, 0.2) is 0 Å². The maximum Gasteiger partial charge on any atom is 0.134 e. The Morgan fingerprint density at radius 3 is 2.60 bits per heavy atom. The van der Waals surface area contributed by atoms with E-state index in [1.807, 2.05) is 6.26 Å². The van der Waals surface area contributed by atoms with E-state index in [0.717, 1.165) is 5.58 Å². The highest BCUT2D eigenvalue weighted by atomic mass is 16.3. The third-order valence-corrected chi connectivity index (χ3v) is 3.00. The zero-order valence-electron chi connectivity index (χ0n) is 8.87. The van der Waals surface area contributed by atoms with Crippen molar-refractivity contribution < 1.29 is 4.42 Å². The molecule has 1 heterocycles. The molecular formula is C14H12O. The maximum absolute atomic E-state index is 5.50. The van der Waals surface area contributed by atoms with Gasteiger partial charge >= 0.3 is 0 Å². The second-order valence-electron chi connectivity index (χ2n) is 4.03. The molecule has 1 aromatic heterocycles. The molecule has 0 radical (unpaired) electrons. The molecule has 3 rings (SSSR count). The molecule has 0 aliphatic carbocycles. The van der Waals surface area contributed by atoms with Gasteiger partial charge in [-0.05, 0) is 41.8 Å². The summed E-state index contributed by atoms with van der Waals surface area (Å²) in [4.78, 5) is 0. The van der Waals surface area contributed by atoms with E-state index in [4.69, 9.17) is 4.42 Å². The topological polar surface area (TPSA) is 13.1 Å². The van der Waals surface area contributed by atoms with Crippen molar-refractivity contribution in [1.29, 1.82) is 0 Å². The molecule has 0 fully saturated rings. The summed E-state index contributed by atoms with van der Waals surface area (Å²) < 4.78 is 5.50. The zero-order chi connectivity index (χ0) is 10.4. The molecule has 0 aliphatic heterocycles. The molecule has 1 heteroatoms. The summed E-state index contributed by atoms with van der Waals surface area (Å²) in [6.45, 7) is 4.23. The summed E-state index contributed by atoms with van der Waals surface area (Å²) in [5.74, 6) is 0. The minimum Gasteiger partial charge on any atom is -0.464 e. The Morgan fingerprint density at radius 1 is 0.867 bits per heavy atom. The van der Waals surface area contributed by atoms with Crippen LogP contribution in [0, 0.1) is 13.8 Å². The summed E-state index contributed by atoms with van der Waals surface area (Å²) in [5, 5.41) is 3.85. The molecule has 1 nitrogen and oxygen atoms in total. The van der Waals surface area contributed by atoms with E-state index >= 15 is 0 Å². The van der Waals surface area contributed by atoms with E-state index in [0.29, 0.717) is 0 Å². The molecule has 0 atom stereocenters. The molecule has 15 heavy (non-hydrogen) atoms. The van der Waals surface area contributed by atoms with Crippen LogP contribution >= 0.6 is 0 Å². The highest BCUT2D eigenvalue weighted by Gasteiger charge is 2.07. The third kappa shape index (κ3) is 1.09. The van der Waals surface area contributed by atoms with Gasteiger partial charge in [0.05, 0.1) is 6.26 Å². The van der Waals surface area contributed by atoms with Gasteiger partial charge in [-0.2, -0.15) is 0 Å². The van der Waals surface area contributed by atoms with Gasteiger partial charge in [-0.15, -0.1) is 0 Å². The summed E-state index contributed by atoms with van der Waals surface area (Å²) in [7, 11) is 0. The van der Waals surface area contributed by atoms with E-state index in [1.165, 1.54) is 27.3 Å². The number of fused-ring (bicyclic) bond motifs is 3. The summed E-state index contributed by atoms with van der Waals surface area (Å²) in [6, 6.07) is 10.6. The van der Waals surface area contributed by atoms with Gasteiger partial charge in [-0.3, -0.25) is 0 Å². The fourth-order valence-corrected chi connectivity index (χ4v) is 2.21. The minimum atomic E-state index is 0.977.